The van der Waals surface area contributed by atoms with Gasteiger partial charge in [0, 0.05) is 18.0 Å². The van der Waals surface area contributed by atoms with Gasteiger partial charge in [-0.3, -0.25) is 0 Å². The van der Waals surface area contributed by atoms with Crippen molar-refractivity contribution >= 4 is 11.8 Å². The Kier molecular flexibility index (Phi) is 2.33. The van der Waals surface area contributed by atoms with Gasteiger partial charge in [-0.25, -0.2) is 9.97 Å². The van der Waals surface area contributed by atoms with Gasteiger partial charge in [-0.15, -0.1) is 0 Å². The molecule has 1 rings (SSSR count). The van der Waals surface area contributed by atoms with Gasteiger partial charge < -0.3 is 0 Å². The van der Waals surface area contributed by atoms with E-state index in [2.05, 4.69) is 16.3 Å². The molecule has 0 fully saturated rings. The zero-order valence-electron chi connectivity index (χ0n) is 5.09. The fourth-order valence-corrected chi connectivity index (χ4v) is 0.878. The van der Waals surface area contributed by atoms with Crippen LogP contribution in [0.25, 0.3) is 0 Å². The third-order valence-corrected chi connectivity index (χ3v) is 1.40. The third kappa shape index (κ3) is 3.22. The summed E-state index contributed by atoms with van der Waals surface area (Å²) in [4.78, 5) is 6.63. The zero-order chi connectivity index (χ0) is 8.32. The van der Waals surface area contributed by atoms with Crippen LogP contribution in [0.4, 0.5) is 13.2 Å². The van der Waals surface area contributed by atoms with Crippen molar-refractivity contribution in [1.82, 2.24) is 9.97 Å². The van der Waals surface area contributed by atoms with Gasteiger partial charge in [0.15, 0.2) is 6.33 Å². The van der Waals surface area contributed by atoms with E-state index >= 15 is 0 Å². The van der Waals surface area contributed by atoms with E-state index in [9.17, 15) is 13.2 Å². The molecule has 1 heterocycles. The van der Waals surface area contributed by atoms with Gasteiger partial charge in [0.2, 0.25) is 0 Å². The Hall–Kier alpha value is -0.780. The molecular weight excluding hydrogens is 177 g/mol. The lowest BCUT2D eigenvalue weighted by Gasteiger charge is -2.02. The average Bonchev–Trinajstić information content (AvgIpc) is 1.85. The van der Waals surface area contributed by atoms with Crippen LogP contribution in [0.1, 0.15) is 0 Å². The molecule has 0 aliphatic carbocycles. The Labute approximate surface area is 64.9 Å². The van der Waals surface area contributed by atoms with E-state index in [1.165, 1.54) is 12.3 Å². The molecule has 0 saturated carbocycles. The highest BCUT2D eigenvalue weighted by Crippen LogP contribution is 2.34. The lowest BCUT2D eigenvalue weighted by atomic mass is 10.7. The molecule has 0 atom stereocenters. The minimum absolute atomic E-state index is 0.146. The highest BCUT2D eigenvalue weighted by atomic mass is 32.2. The molecule has 0 amide bonds. The molecule has 0 unspecified atom stereocenters. The SMILES string of the molecule is FC(F)(F)Sc1ccn[c]n1. The molecule has 0 spiro atoms. The average molecular weight is 179 g/mol. The zero-order valence-corrected chi connectivity index (χ0v) is 5.91. The van der Waals surface area contributed by atoms with Gasteiger partial charge in [-0.1, -0.05) is 0 Å². The van der Waals surface area contributed by atoms with Crippen LogP contribution in [0.2, 0.25) is 0 Å². The van der Waals surface area contributed by atoms with Crippen molar-refractivity contribution < 1.29 is 13.2 Å². The minimum Gasteiger partial charge on any atom is -0.234 e. The van der Waals surface area contributed by atoms with Crippen LogP contribution in [-0.2, 0) is 0 Å². The number of alkyl halides is 3. The normalized spacial score (nSPS) is 11.5. The second-order valence-corrected chi connectivity index (χ2v) is 2.63. The highest BCUT2D eigenvalue weighted by Gasteiger charge is 2.29. The number of aromatic nitrogens is 2. The Morgan fingerprint density at radius 3 is 2.64 bits per heavy atom. The van der Waals surface area contributed by atoms with Gasteiger partial charge in [-0.05, 0) is 6.07 Å². The molecule has 1 aromatic rings. The number of rotatable bonds is 1. The number of halogens is 3. The quantitative estimate of drug-likeness (QED) is 0.486. The van der Waals surface area contributed by atoms with Crippen molar-refractivity contribution in [2.45, 2.75) is 10.5 Å². The Balaban J connectivity index is 2.66. The molecule has 2 nitrogen and oxygen atoms in total. The molecule has 6 heteroatoms. The molecule has 59 valence electrons. The summed E-state index contributed by atoms with van der Waals surface area (Å²) < 4.78 is 34.9. The maximum atomic E-state index is 11.6. The van der Waals surface area contributed by atoms with Crippen LogP contribution in [0, 0.1) is 6.33 Å². The van der Waals surface area contributed by atoms with Gasteiger partial charge in [0.25, 0.3) is 0 Å². The van der Waals surface area contributed by atoms with Gasteiger partial charge in [0.05, 0.1) is 0 Å². The van der Waals surface area contributed by atoms with Crippen molar-refractivity contribution in [1.29, 1.82) is 0 Å². The van der Waals surface area contributed by atoms with E-state index in [4.69, 9.17) is 0 Å². The largest absolute Gasteiger partial charge is 0.447 e. The van der Waals surface area contributed by atoms with Crippen LogP contribution in [0.5, 0.6) is 0 Å². The second-order valence-electron chi connectivity index (χ2n) is 1.54. The van der Waals surface area contributed by atoms with Crippen molar-refractivity contribution in [3.63, 3.8) is 0 Å². The van der Waals surface area contributed by atoms with Crippen LogP contribution in [0.3, 0.4) is 0 Å². The molecule has 0 bridgehead atoms. The first-order valence-corrected chi connectivity index (χ1v) is 3.34. The van der Waals surface area contributed by atoms with Crippen molar-refractivity contribution in [2.75, 3.05) is 0 Å². The Bertz CT molecular complexity index is 223. The topological polar surface area (TPSA) is 25.8 Å². The first kappa shape index (κ1) is 8.32. The number of thioether (sulfide) groups is 1. The summed E-state index contributed by atoms with van der Waals surface area (Å²) >= 11 is -0.282. The molecule has 0 aromatic carbocycles. The van der Waals surface area contributed by atoms with E-state index in [0.29, 0.717) is 0 Å². The molecule has 1 aromatic heterocycles. The van der Waals surface area contributed by atoms with Crippen molar-refractivity contribution in [3.8, 4) is 0 Å². The van der Waals surface area contributed by atoms with Crippen LogP contribution in [-0.4, -0.2) is 15.5 Å². The molecule has 1 radical (unpaired) electrons. The second kappa shape index (κ2) is 3.08. The maximum Gasteiger partial charge on any atom is 0.447 e. The first-order chi connectivity index (χ1) is 5.08. The Morgan fingerprint density at radius 2 is 2.18 bits per heavy atom. The van der Waals surface area contributed by atoms with Crippen LogP contribution >= 0.6 is 11.8 Å². The summed E-state index contributed by atoms with van der Waals surface area (Å²) in [7, 11) is 0. The number of hydrogen-bond donors (Lipinski definition) is 0. The fourth-order valence-electron chi connectivity index (χ4n) is 0.425. The summed E-state index contributed by atoms with van der Waals surface area (Å²) in [6.45, 7) is 0. The summed E-state index contributed by atoms with van der Waals surface area (Å²) in [5, 5.41) is -0.146. The molecule has 0 aliphatic heterocycles. The lowest BCUT2D eigenvalue weighted by molar-refractivity contribution is -0.0329. The smallest absolute Gasteiger partial charge is 0.234 e. The third-order valence-electron chi connectivity index (χ3n) is 0.730. The standard InChI is InChI=1S/C5H2F3N2S/c6-5(7,8)11-4-1-2-9-3-10-4/h1-2H. The fraction of sp³-hybridized carbons (Fsp3) is 0.200. The van der Waals surface area contributed by atoms with Crippen LogP contribution in [0.15, 0.2) is 17.3 Å². The van der Waals surface area contributed by atoms with E-state index in [-0.39, 0.29) is 16.8 Å². The predicted octanol–water partition coefficient (Wildman–Crippen LogP) is 1.89. The summed E-state index contributed by atoms with van der Waals surface area (Å²) in [5.41, 5.74) is -4.29. The van der Waals surface area contributed by atoms with Crippen molar-refractivity contribution in [2.24, 2.45) is 0 Å². The van der Waals surface area contributed by atoms with Gasteiger partial charge in [-0.2, -0.15) is 13.2 Å². The predicted molar refractivity (Wildman–Crippen MR) is 32.8 cm³/mol. The molecule has 0 saturated heterocycles. The first-order valence-electron chi connectivity index (χ1n) is 2.53. The molecule has 0 aliphatic rings. The van der Waals surface area contributed by atoms with E-state index in [0.717, 1.165) is 0 Å². The van der Waals surface area contributed by atoms with E-state index in [1.807, 2.05) is 0 Å². The maximum absolute atomic E-state index is 11.6. The lowest BCUT2D eigenvalue weighted by Crippen LogP contribution is -1.99. The van der Waals surface area contributed by atoms with Crippen LogP contribution < -0.4 is 0 Å². The molecule has 11 heavy (non-hydrogen) atoms. The number of nitrogens with zero attached hydrogens (tertiary/aromatic N) is 2. The molecule has 0 N–H and O–H groups in total. The summed E-state index contributed by atoms with van der Waals surface area (Å²) in [5.74, 6) is 0. The van der Waals surface area contributed by atoms with Gasteiger partial charge >= 0.3 is 5.51 Å². The summed E-state index contributed by atoms with van der Waals surface area (Å²) in [6.07, 6.45) is 3.27. The summed E-state index contributed by atoms with van der Waals surface area (Å²) in [6, 6.07) is 1.18. The van der Waals surface area contributed by atoms with E-state index < -0.39 is 5.51 Å². The van der Waals surface area contributed by atoms with Crippen molar-refractivity contribution in [3.05, 3.63) is 18.6 Å². The highest BCUT2D eigenvalue weighted by molar-refractivity contribution is 8.00. The number of hydrogen-bond acceptors (Lipinski definition) is 3. The monoisotopic (exact) mass is 179 g/mol. The van der Waals surface area contributed by atoms with Gasteiger partial charge in [0.1, 0.15) is 5.03 Å². The minimum atomic E-state index is -4.29. The molecular formula is C5H2F3N2S. The van der Waals surface area contributed by atoms with E-state index in [1.54, 1.807) is 0 Å². The Morgan fingerprint density at radius 1 is 1.45 bits per heavy atom.